The number of benzene rings is 1. The average Bonchev–Trinajstić information content (AvgIpc) is 2.63. The molecule has 120 valence electrons. The lowest BCUT2D eigenvalue weighted by Crippen LogP contribution is -2.46. The van der Waals surface area contributed by atoms with Gasteiger partial charge in [-0.1, -0.05) is 25.1 Å². The molecule has 1 aromatic heterocycles. The molecule has 5 nitrogen and oxygen atoms in total. The van der Waals surface area contributed by atoms with Gasteiger partial charge in [-0.2, -0.15) is 0 Å². The van der Waals surface area contributed by atoms with Crippen LogP contribution in [0.4, 0.5) is 11.4 Å². The maximum absolute atomic E-state index is 12.3. The minimum atomic E-state index is -0.176. The molecule has 0 unspecified atom stereocenters. The van der Waals surface area contributed by atoms with Crippen LogP contribution in [0.3, 0.4) is 0 Å². The highest BCUT2D eigenvalue weighted by atomic mass is 16.1. The Kier molecular flexibility index (Phi) is 4.88. The van der Waals surface area contributed by atoms with Crippen LogP contribution in [0.2, 0.25) is 0 Å². The van der Waals surface area contributed by atoms with Gasteiger partial charge < -0.3 is 15.1 Å². The molecule has 5 heteroatoms. The number of rotatable bonds is 4. The summed E-state index contributed by atoms with van der Waals surface area (Å²) in [6, 6.07) is 13.3. The summed E-state index contributed by atoms with van der Waals surface area (Å²) in [5.74, 6) is -0.176. The van der Waals surface area contributed by atoms with Crippen LogP contribution < -0.4 is 10.2 Å². The molecule has 1 aliphatic heterocycles. The third-order valence-electron chi connectivity index (χ3n) is 4.19. The molecule has 2 heterocycles. The Bertz CT molecular complexity index is 651. The molecule has 23 heavy (non-hydrogen) atoms. The monoisotopic (exact) mass is 310 g/mol. The number of piperazine rings is 1. The molecular weight excluding hydrogens is 288 g/mol. The number of hydrogen-bond acceptors (Lipinski definition) is 4. The van der Waals surface area contributed by atoms with Crippen molar-refractivity contribution in [3.05, 3.63) is 54.4 Å². The van der Waals surface area contributed by atoms with Crippen molar-refractivity contribution in [2.45, 2.75) is 6.92 Å². The van der Waals surface area contributed by atoms with Crippen molar-refractivity contribution in [2.24, 2.45) is 0 Å². The molecule has 1 N–H and O–H groups in total. The molecule has 0 spiro atoms. The number of carbonyl (C=O) groups excluding carboxylic acids is 1. The van der Waals surface area contributed by atoms with Gasteiger partial charge in [0.2, 0.25) is 0 Å². The molecule has 0 atom stereocenters. The Morgan fingerprint density at radius 1 is 1.13 bits per heavy atom. The van der Waals surface area contributed by atoms with Crippen molar-refractivity contribution >= 4 is 17.3 Å². The van der Waals surface area contributed by atoms with E-state index in [4.69, 9.17) is 0 Å². The Hall–Kier alpha value is -2.40. The van der Waals surface area contributed by atoms with Crippen LogP contribution in [-0.4, -0.2) is 48.5 Å². The number of amides is 1. The van der Waals surface area contributed by atoms with E-state index >= 15 is 0 Å². The van der Waals surface area contributed by atoms with Crippen LogP contribution >= 0.6 is 0 Å². The van der Waals surface area contributed by atoms with Gasteiger partial charge in [0.1, 0.15) is 5.69 Å². The second-order valence-corrected chi connectivity index (χ2v) is 5.64. The lowest BCUT2D eigenvalue weighted by molar-refractivity contribution is 0.102. The maximum atomic E-state index is 12.3. The summed E-state index contributed by atoms with van der Waals surface area (Å²) in [5.41, 5.74) is 2.29. The molecule has 0 saturated carbocycles. The second kappa shape index (κ2) is 7.24. The first-order valence-electron chi connectivity index (χ1n) is 8.06. The van der Waals surface area contributed by atoms with Crippen molar-refractivity contribution in [3.8, 4) is 0 Å². The van der Waals surface area contributed by atoms with Crippen LogP contribution in [0.25, 0.3) is 0 Å². The average molecular weight is 310 g/mol. The van der Waals surface area contributed by atoms with E-state index < -0.39 is 0 Å². The fourth-order valence-corrected chi connectivity index (χ4v) is 2.78. The molecule has 1 amide bonds. The molecular formula is C18H22N4O. The molecule has 0 radical (unpaired) electrons. The van der Waals surface area contributed by atoms with Gasteiger partial charge in [-0.3, -0.25) is 9.78 Å². The van der Waals surface area contributed by atoms with E-state index in [1.165, 1.54) is 0 Å². The van der Waals surface area contributed by atoms with E-state index in [0.29, 0.717) is 5.69 Å². The topological polar surface area (TPSA) is 48.5 Å². The highest BCUT2D eigenvalue weighted by molar-refractivity contribution is 6.03. The smallest absolute Gasteiger partial charge is 0.274 e. The van der Waals surface area contributed by atoms with Crippen molar-refractivity contribution < 1.29 is 4.79 Å². The van der Waals surface area contributed by atoms with Crippen LogP contribution in [0.5, 0.6) is 0 Å². The largest absolute Gasteiger partial charge is 0.369 e. The number of nitrogens with one attached hydrogen (secondary N) is 1. The van der Waals surface area contributed by atoms with Crippen molar-refractivity contribution in [3.63, 3.8) is 0 Å². The number of anilines is 2. The van der Waals surface area contributed by atoms with E-state index in [0.717, 1.165) is 44.1 Å². The van der Waals surface area contributed by atoms with Gasteiger partial charge in [0, 0.05) is 43.8 Å². The van der Waals surface area contributed by atoms with Gasteiger partial charge in [0.15, 0.2) is 0 Å². The zero-order chi connectivity index (χ0) is 16.1. The Balaban J connectivity index is 1.69. The Morgan fingerprint density at radius 2 is 1.87 bits per heavy atom. The predicted octanol–water partition coefficient (Wildman–Crippen LogP) is 2.48. The molecule has 2 aromatic rings. The highest BCUT2D eigenvalue weighted by Crippen LogP contribution is 2.17. The maximum Gasteiger partial charge on any atom is 0.274 e. The summed E-state index contributed by atoms with van der Waals surface area (Å²) in [5, 5.41) is 2.88. The lowest BCUT2D eigenvalue weighted by atomic mass is 10.2. The van der Waals surface area contributed by atoms with Gasteiger partial charge in [0.25, 0.3) is 5.91 Å². The summed E-state index contributed by atoms with van der Waals surface area (Å²) in [4.78, 5) is 21.3. The Morgan fingerprint density at radius 3 is 2.57 bits per heavy atom. The molecule has 1 fully saturated rings. The number of carbonyl (C=O) groups is 1. The first-order valence-corrected chi connectivity index (χ1v) is 8.06. The fraction of sp³-hybridized carbons (Fsp3) is 0.333. The Labute approximate surface area is 136 Å². The van der Waals surface area contributed by atoms with E-state index in [1.807, 2.05) is 42.5 Å². The first-order chi connectivity index (χ1) is 11.3. The zero-order valence-electron chi connectivity index (χ0n) is 13.4. The summed E-state index contributed by atoms with van der Waals surface area (Å²) in [7, 11) is 0. The number of hydrogen-bond donors (Lipinski definition) is 1. The third kappa shape index (κ3) is 3.87. The van der Waals surface area contributed by atoms with Crippen LogP contribution in [0.1, 0.15) is 17.4 Å². The standard InChI is InChI=1S/C18H22N4O/c1-2-21-10-12-22(13-11-21)16-8-9-19-17(14-16)18(23)20-15-6-4-3-5-7-15/h3-9,14H,2,10-13H2,1H3,(H,20,23). The normalized spacial score (nSPS) is 15.4. The molecule has 1 aromatic carbocycles. The molecule has 1 aliphatic rings. The number of pyridine rings is 1. The van der Waals surface area contributed by atoms with Gasteiger partial charge in [-0.25, -0.2) is 0 Å². The lowest BCUT2D eigenvalue weighted by Gasteiger charge is -2.35. The predicted molar refractivity (Wildman–Crippen MR) is 93.0 cm³/mol. The van der Waals surface area contributed by atoms with Crippen molar-refractivity contribution in [1.29, 1.82) is 0 Å². The molecule has 0 aliphatic carbocycles. The minimum absolute atomic E-state index is 0.176. The quantitative estimate of drug-likeness (QED) is 0.942. The van der Waals surface area contributed by atoms with E-state index in [-0.39, 0.29) is 5.91 Å². The van der Waals surface area contributed by atoms with Crippen LogP contribution in [0.15, 0.2) is 48.7 Å². The molecule has 1 saturated heterocycles. The summed E-state index contributed by atoms with van der Waals surface area (Å²) < 4.78 is 0. The van der Waals surface area contributed by atoms with E-state index in [2.05, 4.69) is 27.0 Å². The number of likely N-dealkylation sites (N-methyl/N-ethyl adjacent to an activating group) is 1. The SMILES string of the molecule is CCN1CCN(c2ccnc(C(=O)Nc3ccccc3)c2)CC1. The van der Waals surface area contributed by atoms with Crippen molar-refractivity contribution in [2.75, 3.05) is 42.9 Å². The van der Waals surface area contributed by atoms with Gasteiger partial charge >= 0.3 is 0 Å². The first kappa shape index (κ1) is 15.5. The number of aromatic nitrogens is 1. The van der Waals surface area contributed by atoms with E-state index in [1.54, 1.807) is 6.20 Å². The number of nitrogens with zero attached hydrogens (tertiary/aromatic N) is 3. The van der Waals surface area contributed by atoms with Gasteiger partial charge in [-0.05, 0) is 30.8 Å². The van der Waals surface area contributed by atoms with Gasteiger partial charge in [0.05, 0.1) is 0 Å². The van der Waals surface area contributed by atoms with Crippen LogP contribution in [0, 0.1) is 0 Å². The summed E-state index contributed by atoms with van der Waals surface area (Å²) in [6.45, 7) is 7.37. The summed E-state index contributed by atoms with van der Waals surface area (Å²) >= 11 is 0. The van der Waals surface area contributed by atoms with Gasteiger partial charge in [-0.15, -0.1) is 0 Å². The molecule has 3 rings (SSSR count). The highest BCUT2D eigenvalue weighted by Gasteiger charge is 2.17. The number of para-hydroxylation sites is 1. The summed E-state index contributed by atoms with van der Waals surface area (Å²) in [6.07, 6.45) is 1.71. The zero-order valence-corrected chi connectivity index (χ0v) is 13.4. The fourth-order valence-electron chi connectivity index (χ4n) is 2.78. The molecule has 0 bridgehead atoms. The second-order valence-electron chi connectivity index (χ2n) is 5.64. The van der Waals surface area contributed by atoms with Crippen molar-refractivity contribution in [1.82, 2.24) is 9.88 Å². The van der Waals surface area contributed by atoms with E-state index in [9.17, 15) is 4.79 Å². The minimum Gasteiger partial charge on any atom is -0.369 e. The van der Waals surface area contributed by atoms with Crippen LogP contribution in [-0.2, 0) is 0 Å². The third-order valence-corrected chi connectivity index (χ3v) is 4.19.